The standard InChI is InChI=1S/C18H14BrN3O2S/c19-16-11-20-17(14(21-16)9-12-5-2-1-3-6-12)22-15(18(23)24)10-13-7-4-8-25-13/h1-8,10-11H,9H2,(H,20,22)(H,23,24)/b15-10-. The van der Waals surface area contributed by atoms with Gasteiger partial charge in [-0.1, -0.05) is 36.4 Å². The molecule has 25 heavy (non-hydrogen) atoms. The number of rotatable bonds is 6. The summed E-state index contributed by atoms with van der Waals surface area (Å²) in [7, 11) is 0. The number of thiophene rings is 1. The van der Waals surface area contributed by atoms with E-state index < -0.39 is 5.97 Å². The Bertz CT molecular complexity index is 896. The highest BCUT2D eigenvalue weighted by Crippen LogP contribution is 2.21. The lowest BCUT2D eigenvalue weighted by atomic mass is 10.1. The van der Waals surface area contributed by atoms with Crippen LogP contribution < -0.4 is 5.32 Å². The molecule has 0 radical (unpaired) electrons. The van der Waals surface area contributed by atoms with Gasteiger partial charge in [0.05, 0.1) is 11.9 Å². The maximum Gasteiger partial charge on any atom is 0.352 e. The van der Waals surface area contributed by atoms with Crippen molar-refractivity contribution in [1.82, 2.24) is 9.97 Å². The molecule has 1 aromatic carbocycles. The van der Waals surface area contributed by atoms with Crippen molar-refractivity contribution in [2.45, 2.75) is 6.42 Å². The maximum atomic E-state index is 11.6. The monoisotopic (exact) mass is 415 g/mol. The van der Waals surface area contributed by atoms with Crippen molar-refractivity contribution in [3.63, 3.8) is 0 Å². The lowest BCUT2D eigenvalue weighted by Crippen LogP contribution is -2.13. The number of hydrogen-bond donors (Lipinski definition) is 2. The SMILES string of the molecule is O=C(O)/C(=C/c1cccs1)Nc1ncc(Br)nc1Cc1ccccc1. The first kappa shape index (κ1) is 17.3. The molecule has 0 atom stereocenters. The Morgan fingerprint density at radius 2 is 2.04 bits per heavy atom. The molecule has 2 aromatic heterocycles. The van der Waals surface area contributed by atoms with E-state index in [0.717, 1.165) is 10.4 Å². The quantitative estimate of drug-likeness (QED) is 0.582. The number of aromatic nitrogens is 2. The van der Waals surface area contributed by atoms with Crippen LogP contribution in [0.2, 0.25) is 0 Å². The summed E-state index contributed by atoms with van der Waals surface area (Å²) in [4.78, 5) is 21.2. The van der Waals surface area contributed by atoms with E-state index in [0.29, 0.717) is 22.5 Å². The lowest BCUT2D eigenvalue weighted by Gasteiger charge is -2.11. The van der Waals surface area contributed by atoms with Gasteiger partial charge in [0.1, 0.15) is 10.3 Å². The van der Waals surface area contributed by atoms with E-state index in [1.807, 2.05) is 47.8 Å². The smallest absolute Gasteiger partial charge is 0.352 e. The molecule has 0 aliphatic heterocycles. The Morgan fingerprint density at radius 3 is 2.72 bits per heavy atom. The van der Waals surface area contributed by atoms with E-state index in [4.69, 9.17) is 0 Å². The van der Waals surface area contributed by atoms with Crippen LogP contribution in [-0.4, -0.2) is 21.0 Å². The molecule has 0 bridgehead atoms. The number of carboxylic acids is 1. The molecule has 5 nitrogen and oxygen atoms in total. The van der Waals surface area contributed by atoms with Crippen molar-refractivity contribution in [3.05, 3.63) is 80.5 Å². The molecule has 2 heterocycles. The number of nitrogens with one attached hydrogen (secondary N) is 1. The van der Waals surface area contributed by atoms with E-state index >= 15 is 0 Å². The van der Waals surface area contributed by atoms with Gasteiger partial charge in [0.15, 0.2) is 5.82 Å². The molecule has 126 valence electrons. The minimum absolute atomic E-state index is 0.0494. The van der Waals surface area contributed by atoms with Crippen molar-refractivity contribution in [2.75, 3.05) is 5.32 Å². The highest BCUT2D eigenvalue weighted by Gasteiger charge is 2.14. The molecular weight excluding hydrogens is 402 g/mol. The van der Waals surface area contributed by atoms with Crippen LogP contribution in [0.3, 0.4) is 0 Å². The average molecular weight is 416 g/mol. The summed E-state index contributed by atoms with van der Waals surface area (Å²) >= 11 is 4.79. The summed E-state index contributed by atoms with van der Waals surface area (Å²) in [5.41, 5.74) is 1.78. The van der Waals surface area contributed by atoms with Gasteiger partial charge in [-0.05, 0) is 39.0 Å². The normalized spacial score (nSPS) is 11.3. The van der Waals surface area contributed by atoms with Crippen LogP contribution in [0.1, 0.15) is 16.1 Å². The van der Waals surface area contributed by atoms with E-state index in [1.54, 1.807) is 12.3 Å². The van der Waals surface area contributed by atoms with Gasteiger partial charge in [-0.2, -0.15) is 0 Å². The second-order valence-electron chi connectivity index (χ2n) is 5.15. The van der Waals surface area contributed by atoms with Gasteiger partial charge in [0, 0.05) is 11.3 Å². The molecule has 7 heteroatoms. The number of halogens is 1. The second-order valence-corrected chi connectivity index (χ2v) is 6.95. The fraction of sp³-hybridized carbons (Fsp3) is 0.0556. The van der Waals surface area contributed by atoms with E-state index in [1.165, 1.54) is 11.3 Å². The molecule has 0 fully saturated rings. The summed E-state index contributed by atoms with van der Waals surface area (Å²) in [5.74, 6) is -0.624. The fourth-order valence-corrected chi connectivity index (χ4v) is 3.19. The predicted molar refractivity (Wildman–Crippen MR) is 103 cm³/mol. The summed E-state index contributed by atoms with van der Waals surface area (Å²) in [6, 6.07) is 13.6. The van der Waals surface area contributed by atoms with Crippen molar-refractivity contribution >= 4 is 45.1 Å². The Labute approximate surface area is 157 Å². The summed E-state index contributed by atoms with van der Waals surface area (Å²) in [6.45, 7) is 0. The first-order valence-electron chi connectivity index (χ1n) is 7.42. The second kappa shape index (κ2) is 8.04. The van der Waals surface area contributed by atoms with Gasteiger partial charge < -0.3 is 10.4 Å². The topological polar surface area (TPSA) is 75.1 Å². The fourth-order valence-electron chi connectivity index (χ4n) is 2.21. The largest absolute Gasteiger partial charge is 0.477 e. The van der Waals surface area contributed by atoms with E-state index in [-0.39, 0.29) is 5.70 Å². The highest BCUT2D eigenvalue weighted by molar-refractivity contribution is 9.10. The van der Waals surface area contributed by atoms with Crippen LogP contribution in [0.5, 0.6) is 0 Å². The first-order valence-corrected chi connectivity index (χ1v) is 9.10. The lowest BCUT2D eigenvalue weighted by molar-refractivity contribution is -0.132. The van der Waals surface area contributed by atoms with Gasteiger partial charge in [-0.3, -0.25) is 0 Å². The minimum atomic E-state index is -1.05. The number of anilines is 1. The van der Waals surface area contributed by atoms with Crippen LogP contribution in [-0.2, 0) is 11.2 Å². The van der Waals surface area contributed by atoms with Crippen molar-refractivity contribution in [1.29, 1.82) is 0 Å². The third kappa shape index (κ3) is 4.74. The molecule has 0 spiro atoms. The first-order chi connectivity index (χ1) is 12.1. The number of hydrogen-bond acceptors (Lipinski definition) is 5. The van der Waals surface area contributed by atoms with Crippen molar-refractivity contribution in [2.24, 2.45) is 0 Å². The molecular formula is C18H14BrN3O2S. The zero-order chi connectivity index (χ0) is 17.6. The molecule has 0 aliphatic carbocycles. The van der Waals surface area contributed by atoms with Crippen LogP contribution in [0.4, 0.5) is 5.82 Å². The molecule has 0 aliphatic rings. The number of carboxylic acid groups (broad SMARTS) is 1. The van der Waals surface area contributed by atoms with E-state index in [2.05, 4.69) is 31.2 Å². The molecule has 0 amide bonds. The Kier molecular flexibility index (Phi) is 5.57. The van der Waals surface area contributed by atoms with Crippen LogP contribution in [0.25, 0.3) is 6.08 Å². The summed E-state index contributed by atoms with van der Waals surface area (Å²) < 4.78 is 0.600. The maximum absolute atomic E-state index is 11.6. The van der Waals surface area contributed by atoms with Crippen molar-refractivity contribution in [3.8, 4) is 0 Å². The third-order valence-electron chi connectivity index (χ3n) is 3.34. The third-order valence-corrected chi connectivity index (χ3v) is 4.54. The Balaban J connectivity index is 1.92. The molecule has 3 rings (SSSR count). The zero-order valence-corrected chi connectivity index (χ0v) is 15.4. The van der Waals surface area contributed by atoms with Gasteiger partial charge >= 0.3 is 5.97 Å². The van der Waals surface area contributed by atoms with E-state index in [9.17, 15) is 9.90 Å². The van der Waals surface area contributed by atoms with Gasteiger partial charge in [0.2, 0.25) is 0 Å². The number of aliphatic carboxylic acids is 1. The molecule has 2 N–H and O–H groups in total. The highest BCUT2D eigenvalue weighted by atomic mass is 79.9. The van der Waals surface area contributed by atoms with Crippen LogP contribution in [0, 0.1) is 0 Å². The Morgan fingerprint density at radius 1 is 1.24 bits per heavy atom. The zero-order valence-electron chi connectivity index (χ0n) is 13.0. The molecule has 0 saturated carbocycles. The van der Waals surface area contributed by atoms with Crippen LogP contribution >= 0.6 is 27.3 Å². The van der Waals surface area contributed by atoms with Gasteiger partial charge in [-0.15, -0.1) is 11.3 Å². The van der Waals surface area contributed by atoms with Gasteiger partial charge in [0.25, 0.3) is 0 Å². The average Bonchev–Trinajstić information content (AvgIpc) is 3.10. The predicted octanol–water partition coefficient (Wildman–Crippen LogP) is 4.43. The van der Waals surface area contributed by atoms with Gasteiger partial charge in [-0.25, -0.2) is 14.8 Å². The number of nitrogens with zero attached hydrogens (tertiary/aromatic N) is 2. The molecule has 0 saturated heterocycles. The summed E-state index contributed by atoms with van der Waals surface area (Å²) in [5, 5.41) is 14.3. The van der Waals surface area contributed by atoms with Crippen molar-refractivity contribution < 1.29 is 9.90 Å². The number of carbonyl (C=O) groups is 1. The van der Waals surface area contributed by atoms with Crippen LogP contribution in [0.15, 0.2) is 64.3 Å². The Hall–Kier alpha value is -2.51. The number of benzene rings is 1. The molecule has 0 unspecified atom stereocenters. The minimum Gasteiger partial charge on any atom is -0.477 e. The molecule has 3 aromatic rings. The summed E-state index contributed by atoms with van der Waals surface area (Å²) in [6.07, 6.45) is 3.67.